The minimum Gasteiger partial charge on any atom is -0.371 e. The maximum absolute atomic E-state index is 11.9. The highest BCUT2D eigenvalue weighted by molar-refractivity contribution is 7.15. The van der Waals surface area contributed by atoms with Crippen LogP contribution in [0.15, 0.2) is 0 Å². The molecule has 1 N–H and O–H groups in total. The second-order valence-electron chi connectivity index (χ2n) is 4.45. The van der Waals surface area contributed by atoms with Crippen molar-refractivity contribution < 1.29 is 9.53 Å². The van der Waals surface area contributed by atoms with E-state index in [1.165, 1.54) is 11.3 Å². The van der Waals surface area contributed by atoms with Gasteiger partial charge in [0.05, 0.1) is 0 Å². The molecule has 0 aromatic carbocycles. The fraction of sp³-hybridized carbons (Fsp3) is 0.750. The zero-order valence-electron chi connectivity index (χ0n) is 10.8. The highest BCUT2D eigenvalue weighted by atomic mass is 32.1. The first-order valence-corrected chi connectivity index (χ1v) is 7.32. The van der Waals surface area contributed by atoms with Crippen molar-refractivity contribution in [2.45, 2.75) is 45.6 Å². The number of rotatable bonds is 5. The van der Waals surface area contributed by atoms with E-state index in [1.807, 2.05) is 13.8 Å². The molecule has 0 bridgehead atoms. The SMILES string of the molecule is CCC(CC)C(=O)Nc1nnc(C2CCCO2)s1. The Bertz CT molecular complexity index is 398. The second-order valence-corrected chi connectivity index (χ2v) is 5.46. The summed E-state index contributed by atoms with van der Waals surface area (Å²) in [5, 5.41) is 12.4. The lowest BCUT2D eigenvalue weighted by molar-refractivity contribution is -0.120. The zero-order valence-corrected chi connectivity index (χ0v) is 11.6. The number of nitrogens with one attached hydrogen (secondary N) is 1. The predicted molar refractivity (Wildman–Crippen MR) is 70.5 cm³/mol. The zero-order chi connectivity index (χ0) is 13.0. The quantitative estimate of drug-likeness (QED) is 0.892. The molecule has 18 heavy (non-hydrogen) atoms. The normalized spacial score (nSPS) is 19.4. The van der Waals surface area contributed by atoms with Gasteiger partial charge in [0.25, 0.3) is 0 Å². The summed E-state index contributed by atoms with van der Waals surface area (Å²) < 4.78 is 5.54. The summed E-state index contributed by atoms with van der Waals surface area (Å²) in [7, 11) is 0. The van der Waals surface area contributed by atoms with E-state index >= 15 is 0 Å². The Hall–Kier alpha value is -1.01. The molecule has 100 valence electrons. The number of anilines is 1. The van der Waals surface area contributed by atoms with Crippen molar-refractivity contribution >= 4 is 22.4 Å². The number of hydrogen-bond donors (Lipinski definition) is 1. The third-order valence-electron chi connectivity index (χ3n) is 3.23. The molecule has 0 aliphatic carbocycles. The topological polar surface area (TPSA) is 64.1 Å². The summed E-state index contributed by atoms with van der Waals surface area (Å²) >= 11 is 1.42. The first-order chi connectivity index (χ1) is 8.74. The van der Waals surface area contributed by atoms with Crippen molar-refractivity contribution in [3.63, 3.8) is 0 Å². The summed E-state index contributed by atoms with van der Waals surface area (Å²) in [4.78, 5) is 11.9. The van der Waals surface area contributed by atoms with Gasteiger partial charge < -0.3 is 10.1 Å². The first kappa shape index (κ1) is 13.4. The van der Waals surface area contributed by atoms with Gasteiger partial charge in [-0.3, -0.25) is 4.79 Å². The van der Waals surface area contributed by atoms with Crippen LogP contribution in [0.25, 0.3) is 0 Å². The lowest BCUT2D eigenvalue weighted by Gasteiger charge is -2.10. The van der Waals surface area contributed by atoms with Crippen molar-refractivity contribution in [2.75, 3.05) is 11.9 Å². The Morgan fingerprint density at radius 1 is 1.50 bits per heavy atom. The molecule has 1 aliphatic rings. The molecule has 0 saturated carbocycles. The molecule has 0 spiro atoms. The summed E-state index contributed by atoms with van der Waals surface area (Å²) in [6.45, 7) is 4.83. The van der Waals surface area contributed by atoms with E-state index in [0.717, 1.165) is 37.3 Å². The molecule has 2 rings (SSSR count). The van der Waals surface area contributed by atoms with Gasteiger partial charge in [0.15, 0.2) is 0 Å². The van der Waals surface area contributed by atoms with Gasteiger partial charge in [-0.05, 0) is 25.7 Å². The number of hydrogen-bond acceptors (Lipinski definition) is 5. The maximum Gasteiger partial charge on any atom is 0.229 e. The molecular formula is C12H19N3O2S. The van der Waals surface area contributed by atoms with Crippen LogP contribution in [0.2, 0.25) is 0 Å². The lowest BCUT2D eigenvalue weighted by atomic mass is 10.0. The highest BCUT2D eigenvalue weighted by Crippen LogP contribution is 2.32. The van der Waals surface area contributed by atoms with E-state index < -0.39 is 0 Å². The number of nitrogens with zero attached hydrogens (tertiary/aromatic N) is 2. The van der Waals surface area contributed by atoms with Crippen LogP contribution in [0.4, 0.5) is 5.13 Å². The van der Waals surface area contributed by atoms with Gasteiger partial charge in [0, 0.05) is 12.5 Å². The average Bonchev–Trinajstić information content (AvgIpc) is 3.00. The van der Waals surface area contributed by atoms with Gasteiger partial charge in [-0.15, -0.1) is 10.2 Å². The molecule has 1 aromatic heterocycles. The van der Waals surface area contributed by atoms with Crippen LogP contribution in [-0.2, 0) is 9.53 Å². The minimum absolute atomic E-state index is 0.0371. The van der Waals surface area contributed by atoms with Gasteiger partial charge in [-0.2, -0.15) is 0 Å². The Morgan fingerprint density at radius 3 is 2.89 bits per heavy atom. The van der Waals surface area contributed by atoms with Crippen LogP contribution in [-0.4, -0.2) is 22.7 Å². The Kier molecular flexibility index (Phi) is 4.66. The molecular weight excluding hydrogens is 250 g/mol. The Labute approximate surface area is 111 Å². The van der Waals surface area contributed by atoms with Crippen LogP contribution in [0, 0.1) is 5.92 Å². The Balaban J connectivity index is 1.95. The van der Waals surface area contributed by atoms with Gasteiger partial charge in [-0.1, -0.05) is 25.2 Å². The van der Waals surface area contributed by atoms with Crippen LogP contribution in [0.5, 0.6) is 0 Å². The third-order valence-corrected chi connectivity index (χ3v) is 4.16. The Morgan fingerprint density at radius 2 is 2.28 bits per heavy atom. The number of aromatic nitrogens is 2. The first-order valence-electron chi connectivity index (χ1n) is 6.50. The molecule has 1 amide bonds. The molecule has 2 heterocycles. The van der Waals surface area contributed by atoms with Gasteiger partial charge in [0.2, 0.25) is 11.0 Å². The standard InChI is InChI=1S/C12H19N3O2S/c1-3-8(4-2)10(16)13-12-15-14-11(18-12)9-6-5-7-17-9/h8-9H,3-7H2,1-2H3,(H,13,15,16). The summed E-state index contributed by atoms with van der Waals surface area (Å²) in [6, 6.07) is 0. The predicted octanol–water partition coefficient (Wildman–Crippen LogP) is 2.76. The molecule has 6 heteroatoms. The van der Waals surface area contributed by atoms with E-state index in [1.54, 1.807) is 0 Å². The fourth-order valence-electron chi connectivity index (χ4n) is 2.05. The molecule has 1 fully saturated rings. The molecule has 1 aliphatic heterocycles. The number of amides is 1. The summed E-state index contributed by atoms with van der Waals surface area (Å²) in [5.41, 5.74) is 0. The highest BCUT2D eigenvalue weighted by Gasteiger charge is 2.23. The van der Waals surface area contributed by atoms with E-state index in [4.69, 9.17) is 4.74 Å². The average molecular weight is 269 g/mol. The largest absolute Gasteiger partial charge is 0.371 e. The molecule has 5 nitrogen and oxygen atoms in total. The van der Waals surface area contributed by atoms with Gasteiger partial charge in [0.1, 0.15) is 11.1 Å². The van der Waals surface area contributed by atoms with Gasteiger partial charge >= 0.3 is 0 Å². The number of ether oxygens (including phenoxy) is 1. The van der Waals surface area contributed by atoms with E-state index in [-0.39, 0.29) is 17.9 Å². The number of carbonyl (C=O) groups excluding carboxylic acids is 1. The van der Waals surface area contributed by atoms with Crippen molar-refractivity contribution in [3.05, 3.63) is 5.01 Å². The third kappa shape index (κ3) is 3.05. The monoisotopic (exact) mass is 269 g/mol. The number of carbonyl (C=O) groups is 1. The molecule has 1 atom stereocenters. The van der Waals surface area contributed by atoms with E-state index in [0.29, 0.717) is 5.13 Å². The van der Waals surface area contributed by atoms with Gasteiger partial charge in [-0.25, -0.2) is 0 Å². The molecule has 1 saturated heterocycles. The second kappa shape index (κ2) is 6.24. The maximum atomic E-state index is 11.9. The van der Waals surface area contributed by atoms with Crippen LogP contribution in [0.1, 0.15) is 50.6 Å². The molecule has 0 radical (unpaired) electrons. The van der Waals surface area contributed by atoms with Crippen LogP contribution < -0.4 is 5.32 Å². The van der Waals surface area contributed by atoms with Crippen molar-refractivity contribution in [1.82, 2.24) is 10.2 Å². The van der Waals surface area contributed by atoms with Crippen LogP contribution in [0.3, 0.4) is 0 Å². The van der Waals surface area contributed by atoms with Crippen molar-refractivity contribution in [2.24, 2.45) is 5.92 Å². The smallest absolute Gasteiger partial charge is 0.229 e. The summed E-state index contributed by atoms with van der Waals surface area (Å²) in [6.07, 6.45) is 3.83. The van der Waals surface area contributed by atoms with E-state index in [2.05, 4.69) is 15.5 Å². The van der Waals surface area contributed by atoms with E-state index in [9.17, 15) is 4.79 Å². The van der Waals surface area contributed by atoms with Crippen molar-refractivity contribution in [3.8, 4) is 0 Å². The molecule has 1 unspecified atom stereocenters. The minimum atomic E-state index is 0.0371. The fourth-order valence-corrected chi connectivity index (χ4v) is 2.88. The molecule has 1 aromatic rings. The van der Waals surface area contributed by atoms with Crippen LogP contribution >= 0.6 is 11.3 Å². The lowest BCUT2D eigenvalue weighted by Crippen LogP contribution is -2.21. The summed E-state index contributed by atoms with van der Waals surface area (Å²) in [5.74, 6) is 0.0927. The van der Waals surface area contributed by atoms with Crippen molar-refractivity contribution in [1.29, 1.82) is 0 Å².